The topological polar surface area (TPSA) is 12.9 Å². The van der Waals surface area contributed by atoms with Gasteiger partial charge in [-0.15, -0.1) is 11.6 Å². The zero-order chi connectivity index (χ0) is 9.47. The average molecular weight is 196 g/mol. The zero-order valence-electron chi connectivity index (χ0n) is 8.00. The van der Waals surface area contributed by atoms with Gasteiger partial charge in [-0.3, -0.25) is 4.98 Å². The Hall–Kier alpha value is -0.560. The molecule has 0 N–H and O–H groups in total. The van der Waals surface area contributed by atoms with E-state index in [4.69, 9.17) is 11.6 Å². The summed E-state index contributed by atoms with van der Waals surface area (Å²) in [6.07, 6.45) is 1.86. The molecule has 0 spiro atoms. The Balaban J connectivity index is 2.22. The normalized spacial score (nSPS) is 30.1. The first kappa shape index (κ1) is 9.01. The van der Waals surface area contributed by atoms with Crippen LogP contribution in [0, 0.1) is 11.3 Å². The van der Waals surface area contributed by atoms with Crippen molar-refractivity contribution in [3.8, 4) is 0 Å². The first-order valence-corrected chi connectivity index (χ1v) is 5.18. The number of aromatic nitrogens is 1. The van der Waals surface area contributed by atoms with Crippen molar-refractivity contribution < 1.29 is 0 Å². The minimum absolute atomic E-state index is 0.343. The lowest BCUT2D eigenvalue weighted by Gasteiger charge is -2.00. The molecule has 1 saturated carbocycles. The molecule has 1 heterocycles. The third kappa shape index (κ3) is 1.35. The Morgan fingerprint density at radius 1 is 1.46 bits per heavy atom. The summed E-state index contributed by atoms with van der Waals surface area (Å²) in [7, 11) is 0. The van der Waals surface area contributed by atoms with Crippen LogP contribution < -0.4 is 0 Å². The fourth-order valence-electron chi connectivity index (χ4n) is 2.18. The molecule has 2 heteroatoms. The molecular formula is C11H14ClN. The highest BCUT2D eigenvalue weighted by Crippen LogP contribution is 2.64. The summed E-state index contributed by atoms with van der Waals surface area (Å²) in [6, 6.07) is 6.09. The maximum absolute atomic E-state index is 5.90. The Labute approximate surface area is 84.1 Å². The van der Waals surface area contributed by atoms with Crippen LogP contribution in [0.4, 0.5) is 0 Å². The van der Waals surface area contributed by atoms with Crippen LogP contribution >= 0.6 is 11.6 Å². The molecule has 0 radical (unpaired) electrons. The lowest BCUT2D eigenvalue weighted by Crippen LogP contribution is -1.92. The van der Waals surface area contributed by atoms with Crippen LogP contribution in [0.15, 0.2) is 24.4 Å². The smallest absolute Gasteiger partial charge is 0.0443 e. The van der Waals surface area contributed by atoms with Crippen LogP contribution in [0.1, 0.15) is 25.5 Å². The van der Waals surface area contributed by atoms with Gasteiger partial charge in [0.05, 0.1) is 0 Å². The summed E-state index contributed by atoms with van der Waals surface area (Å²) in [5.74, 6) is 1.91. The SMILES string of the molecule is CC1(C)C(CCl)C1c1ccccn1. The highest BCUT2D eigenvalue weighted by atomic mass is 35.5. The molecule has 2 rings (SSSR count). The van der Waals surface area contributed by atoms with Crippen LogP contribution in [-0.4, -0.2) is 10.9 Å². The summed E-state index contributed by atoms with van der Waals surface area (Å²) in [5, 5.41) is 0. The Morgan fingerprint density at radius 2 is 2.23 bits per heavy atom. The third-order valence-electron chi connectivity index (χ3n) is 3.22. The highest BCUT2D eigenvalue weighted by molar-refractivity contribution is 6.18. The number of nitrogens with zero attached hydrogens (tertiary/aromatic N) is 1. The Morgan fingerprint density at radius 3 is 2.69 bits per heavy atom. The largest absolute Gasteiger partial charge is 0.261 e. The molecule has 0 amide bonds. The molecule has 1 nitrogen and oxygen atoms in total. The number of hydrogen-bond acceptors (Lipinski definition) is 1. The first-order valence-electron chi connectivity index (χ1n) is 4.65. The summed E-state index contributed by atoms with van der Waals surface area (Å²) < 4.78 is 0. The Bertz CT molecular complexity index is 294. The number of halogens is 1. The van der Waals surface area contributed by atoms with Gasteiger partial charge in [-0.2, -0.15) is 0 Å². The lowest BCUT2D eigenvalue weighted by atomic mass is 10.1. The van der Waals surface area contributed by atoms with E-state index in [2.05, 4.69) is 24.9 Å². The van der Waals surface area contributed by atoms with Crippen molar-refractivity contribution in [2.45, 2.75) is 19.8 Å². The van der Waals surface area contributed by atoms with Crippen molar-refractivity contribution in [1.82, 2.24) is 4.98 Å². The molecule has 1 aliphatic rings. The van der Waals surface area contributed by atoms with E-state index in [9.17, 15) is 0 Å². The van der Waals surface area contributed by atoms with Crippen LogP contribution in [0.3, 0.4) is 0 Å². The lowest BCUT2D eigenvalue weighted by molar-refractivity contribution is 0.575. The highest BCUT2D eigenvalue weighted by Gasteiger charge is 2.58. The molecule has 13 heavy (non-hydrogen) atoms. The van der Waals surface area contributed by atoms with Gasteiger partial charge >= 0.3 is 0 Å². The molecule has 0 bridgehead atoms. The van der Waals surface area contributed by atoms with Crippen LogP contribution in [-0.2, 0) is 0 Å². The standard InChI is InChI=1S/C11H14ClN/c1-11(2)8(7-12)10(11)9-5-3-4-6-13-9/h3-6,8,10H,7H2,1-2H3. The molecule has 1 fully saturated rings. The number of alkyl halides is 1. The molecular weight excluding hydrogens is 182 g/mol. The fraction of sp³-hybridized carbons (Fsp3) is 0.545. The number of hydrogen-bond donors (Lipinski definition) is 0. The molecule has 0 aliphatic heterocycles. The van der Waals surface area contributed by atoms with E-state index in [1.807, 2.05) is 18.3 Å². The van der Waals surface area contributed by atoms with E-state index in [1.165, 1.54) is 5.69 Å². The van der Waals surface area contributed by atoms with E-state index in [0.717, 1.165) is 5.88 Å². The van der Waals surface area contributed by atoms with Crippen LogP contribution in [0.2, 0.25) is 0 Å². The summed E-state index contributed by atoms with van der Waals surface area (Å²) in [4.78, 5) is 4.38. The van der Waals surface area contributed by atoms with E-state index < -0.39 is 0 Å². The Kier molecular flexibility index (Phi) is 2.07. The maximum atomic E-state index is 5.90. The number of rotatable bonds is 2. The van der Waals surface area contributed by atoms with E-state index in [0.29, 0.717) is 17.3 Å². The van der Waals surface area contributed by atoms with E-state index in [-0.39, 0.29) is 0 Å². The zero-order valence-corrected chi connectivity index (χ0v) is 8.75. The van der Waals surface area contributed by atoms with Crippen molar-refractivity contribution in [3.05, 3.63) is 30.1 Å². The first-order chi connectivity index (χ1) is 6.18. The van der Waals surface area contributed by atoms with Gasteiger partial charge < -0.3 is 0 Å². The van der Waals surface area contributed by atoms with Gasteiger partial charge in [0, 0.05) is 23.7 Å². The summed E-state index contributed by atoms with van der Waals surface area (Å²) in [5.41, 5.74) is 1.54. The molecule has 2 atom stereocenters. The van der Waals surface area contributed by atoms with E-state index in [1.54, 1.807) is 0 Å². The minimum Gasteiger partial charge on any atom is -0.261 e. The second kappa shape index (κ2) is 2.98. The van der Waals surface area contributed by atoms with Gasteiger partial charge in [0.1, 0.15) is 0 Å². The van der Waals surface area contributed by atoms with Crippen LogP contribution in [0.5, 0.6) is 0 Å². The van der Waals surface area contributed by atoms with Crippen molar-refractivity contribution in [3.63, 3.8) is 0 Å². The van der Waals surface area contributed by atoms with Crippen LogP contribution in [0.25, 0.3) is 0 Å². The molecule has 1 aliphatic carbocycles. The van der Waals surface area contributed by atoms with Gasteiger partial charge in [0.15, 0.2) is 0 Å². The number of pyridine rings is 1. The average Bonchev–Trinajstić information content (AvgIpc) is 2.69. The molecule has 1 aromatic heterocycles. The monoisotopic (exact) mass is 195 g/mol. The fourth-order valence-corrected chi connectivity index (χ4v) is 2.76. The van der Waals surface area contributed by atoms with Crippen molar-refractivity contribution in [2.75, 3.05) is 5.88 Å². The molecule has 2 unspecified atom stereocenters. The van der Waals surface area contributed by atoms with Gasteiger partial charge in [-0.25, -0.2) is 0 Å². The summed E-state index contributed by atoms with van der Waals surface area (Å²) in [6.45, 7) is 4.53. The predicted molar refractivity (Wildman–Crippen MR) is 55.0 cm³/mol. The molecule has 1 aromatic rings. The molecule has 0 saturated heterocycles. The van der Waals surface area contributed by atoms with E-state index >= 15 is 0 Å². The second-order valence-corrected chi connectivity index (χ2v) is 4.62. The van der Waals surface area contributed by atoms with Gasteiger partial charge in [0.2, 0.25) is 0 Å². The minimum atomic E-state index is 0.343. The van der Waals surface area contributed by atoms with Gasteiger partial charge in [-0.1, -0.05) is 19.9 Å². The quantitative estimate of drug-likeness (QED) is 0.661. The summed E-state index contributed by atoms with van der Waals surface area (Å²) >= 11 is 5.90. The van der Waals surface area contributed by atoms with Gasteiger partial charge in [-0.05, 0) is 23.5 Å². The van der Waals surface area contributed by atoms with Gasteiger partial charge in [0.25, 0.3) is 0 Å². The molecule has 70 valence electrons. The van der Waals surface area contributed by atoms with Crippen molar-refractivity contribution >= 4 is 11.6 Å². The molecule has 0 aromatic carbocycles. The maximum Gasteiger partial charge on any atom is 0.0443 e. The second-order valence-electron chi connectivity index (χ2n) is 4.31. The van der Waals surface area contributed by atoms with Crippen molar-refractivity contribution in [2.24, 2.45) is 11.3 Å². The predicted octanol–water partition coefficient (Wildman–Crippen LogP) is 3.06. The van der Waals surface area contributed by atoms with Crippen molar-refractivity contribution in [1.29, 1.82) is 0 Å². The third-order valence-corrected chi connectivity index (χ3v) is 3.56.